The highest BCUT2D eigenvalue weighted by atomic mass is 16.5. The maximum Gasteiger partial charge on any atom is 0.342 e. The average Bonchev–Trinajstić information content (AvgIpc) is 2.63. The van der Waals surface area contributed by atoms with E-state index in [-0.39, 0.29) is 6.01 Å². The first-order valence-corrected chi connectivity index (χ1v) is 5.34. The van der Waals surface area contributed by atoms with E-state index in [9.17, 15) is 0 Å². The fourth-order valence-electron chi connectivity index (χ4n) is 1.34. The quantitative estimate of drug-likeness (QED) is 0.846. The summed E-state index contributed by atoms with van der Waals surface area (Å²) in [6.45, 7) is 2.05. The highest BCUT2D eigenvalue weighted by Gasteiger charge is 2.07. The SMILES string of the molecule is CCCc1nc(N)cc(Oc2ncn(C)n2)n1. The Bertz CT molecular complexity index is 509. The summed E-state index contributed by atoms with van der Waals surface area (Å²) in [5.41, 5.74) is 5.67. The molecule has 0 aromatic carbocycles. The van der Waals surface area contributed by atoms with Crippen LogP contribution in [0, 0.1) is 0 Å². The summed E-state index contributed by atoms with van der Waals surface area (Å²) in [6, 6.07) is 1.79. The minimum absolute atomic E-state index is 0.244. The number of nitrogens with zero attached hydrogens (tertiary/aromatic N) is 5. The van der Waals surface area contributed by atoms with Crippen molar-refractivity contribution in [1.29, 1.82) is 0 Å². The zero-order valence-electron chi connectivity index (χ0n) is 9.79. The van der Waals surface area contributed by atoms with Gasteiger partial charge in [0.2, 0.25) is 5.88 Å². The maximum absolute atomic E-state index is 5.67. The van der Waals surface area contributed by atoms with Crippen LogP contribution in [-0.4, -0.2) is 24.7 Å². The van der Waals surface area contributed by atoms with Crippen molar-refractivity contribution in [3.63, 3.8) is 0 Å². The van der Waals surface area contributed by atoms with Crippen LogP contribution in [0.15, 0.2) is 12.4 Å². The fourth-order valence-corrected chi connectivity index (χ4v) is 1.34. The normalized spacial score (nSPS) is 10.5. The molecule has 0 spiro atoms. The van der Waals surface area contributed by atoms with Gasteiger partial charge in [-0.05, 0) is 6.42 Å². The van der Waals surface area contributed by atoms with Gasteiger partial charge in [0.25, 0.3) is 0 Å². The smallest absolute Gasteiger partial charge is 0.342 e. The first-order chi connectivity index (χ1) is 8.17. The van der Waals surface area contributed by atoms with E-state index in [2.05, 4.69) is 20.1 Å². The molecule has 0 aliphatic heterocycles. The molecule has 0 aliphatic carbocycles. The molecule has 0 atom stereocenters. The number of hydrogen-bond acceptors (Lipinski definition) is 6. The molecule has 0 fully saturated rings. The minimum atomic E-state index is 0.244. The van der Waals surface area contributed by atoms with Gasteiger partial charge in [-0.2, -0.15) is 9.97 Å². The summed E-state index contributed by atoms with van der Waals surface area (Å²) < 4.78 is 6.94. The number of nitrogen functional groups attached to an aromatic ring is 1. The van der Waals surface area contributed by atoms with Gasteiger partial charge < -0.3 is 10.5 Å². The third-order valence-electron chi connectivity index (χ3n) is 2.02. The topological polar surface area (TPSA) is 91.7 Å². The number of rotatable bonds is 4. The van der Waals surface area contributed by atoms with Crippen LogP contribution in [-0.2, 0) is 13.5 Å². The number of nitrogens with two attached hydrogens (primary N) is 1. The molecule has 0 unspecified atom stereocenters. The molecule has 7 nitrogen and oxygen atoms in total. The summed E-state index contributed by atoms with van der Waals surface area (Å²) in [7, 11) is 1.76. The Morgan fingerprint density at radius 3 is 2.88 bits per heavy atom. The number of aryl methyl sites for hydroxylation is 2. The molecule has 2 N–H and O–H groups in total. The second-order valence-electron chi connectivity index (χ2n) is 3.60. The van der Waals surface area contributed by atoms with Gasteiger partial charge in [0, 0.05) is 19.5 Å². The summed E-state index contributed by atoms with van der Waals surface area (Å²) in [6.07, 6.45) is 3.26. The highest BCUT2D eigenvalue weighted by molar-refractivity contribution is 5.33. The zero-order chi connectivity index (χ0) is 12.3. The van der Waals surface area contributed by atoms with Crippen molar-refractivity contribution in [3.8, 4) is 11.9 Å². The molecule has 0 bridgehead atoms. The van der Waals surface area contributed by atoms with Gasteiger partial charge in [-0.25, -0.2) is 4.98 Å². The molecule has 17 heavy (non-hydrogen) atoms. The maximum atomic E-state index is 5.67. The lowest BCUT2D eigenvalue weighted by molar-refractivity contribution is 0.419. The summed E-state index contributed by atoms with van der Waals surface area (Å²) in [5.74, 6) is 1.42. The van der Waals surface area contributed by atoms with Gasteiger partial charge >= 0.3 is 6.01 Å². The van der Waals surface area contributed by atoms with E-state index in [0.29, 0.717) is 17.5 Å². The van der Waals surface area contributed by atoms with Crippen molar-refractivity contribution < 1.29 is 4.74 Å². The number of ether oxygens (including phenoxy) is 1. The van der Waals surface area contributed by atoms with Gasteiger partial charge in [-0.3, -0.25) is 4.68 Å². The summed E-state index contributed by atoms with van der Waals surface area (Å²) in [4.78, 5) is 12.3. The van der Waals surface area contributed by atoms with E-state index in [0.717, 1.165) is 12.8 Å². The predicted molar refractivity (Wildman–Crippen MR) is 61.5 cm³/mol. The molecule has 0 amide bonds. The molecule has 0 saturated heterocycles. The zero-order valence-corrected chi connectivity index (χ0v) is 9.79. The Balaban J connectivity index is 2.20. The molecule has 7 heteroatoms. The van der Waals surface area contributed by atoms with E-state index in [1.165, 1.54) is 0 Å². The largest absolute Gasteiger partial charge is 0.404 e. The van der Waals surface area contributed by atoms with Gasteiger partial charge in [0.15, 0.2) is 0 Å². The van der Waals surface area contributed by atoms with Crippen LogP contribution in [0.5, 0.6) is 11.9 Å². The summed E-state index contributed by atoms with van der Waals surface area (Å²) in [5, 5.41) is 3.99. The average molecular weight is 234 g/mol. The Hall–Kier alpha value is -2.18. The molecule has 0 saturated carbocycles. The molecule has 2 aromatic heterocycles. The first-order valence-electron chi connectivity index (χ1n) is 5.34. The molecule has 2 heterocycles. The Labute approximate surface area is 98.7 Å². The molecular weight excluding hydrogens is 220 g/mol. The Morgan fingerprint density at radius 1 is 1.41 bits per heavy atom. The third kappa shape index (κ3) is 2.90. The number of hydrogen-bond donors (Lipinski definition) is 1. The van der Waals surface area contributed by atoms with Crippen LogP contribution in [0.1, 0.15) is 19.2 Å². The van der Waals surface area contributed by atoms with Crippen LogP contribution < -0.4 is 10.5 Å². The van der Waals surface area contributed by atoms with Crippen molar-refractivity contribution in [3.05, 3.63) is 18.2 Å². The molecule has 2 rings (SSSR count). The second kappa shape index (κ2) is 4.77. The Morgan fingerprint density at radius 2 is 2.24 bits per heavy atom. The predicted octanol–water partition coefficient (Wildman–Crippen LogP) is 0.932. The van der Waals surface area contributed by atoms with E-state index >= 15 is 0 Å². The van der Waals surface area contributed by atoms with Gasteiger partial charge in [-0.15, -0.1) is 5.10 Å². The van der Waals surface area contributed by atoms with Gasteiger partial charge in [-0.1, -0.05) is 6.92 Å². The van der Waals surface area contributed by atoms with Crippen LogP contribution in [0.3, 0.4) is 0 Å². The fraction of sp³-hybridized carbons (Fsp3) is 0.400. The van der Waals surface area contributed by atoms with E-state index < -0.39 is 0 Å². The molecule has 90 valence electrons. The lowest BCUT2D eigenvalue weighted by Gasteiger charge is -2.03. The van der Waals surface area contributed by atoms with Crippen LogP contribution >= 0.6 is 0 Å². The van der Waals surface area contributed by atoms with Crippen LogP contribution in [0.2, 0.25) is 0 Å². The molecule has 0 aliphatic rings. The third-order valence-corrected chi connectivity index (χ3v) is 2.02. The van der Waals surface area contributed by atoms with E-state index in [4.69, 9.17) is 10.5 Å². The minimum Gasteiger partial charge on any atom is -0.404 e. The van der Waals surface area contributed by atoms with Gasteiger partial charge in [0.1, 0.15) is 18.0 Å². The van der Waals surface area contributed by atoms with Crippen molar-refractivity contribution >= 4 is 5.82 Å². The van der Waals surface area contributed by atoms with Crippen LogP contribution in [0.25, 0.3) is 0 Å². The standard InChI is InChI=1S/C10H14N6O/c1-3-4-8-13-7(11)5-9(14-8)17-10-12-6-16(2)15-10/h5-6H,3-4H2,1-2H3,(H2,11,13,14). The highest BCUT2D eigenvalue weighted by Crippen LogP contribution is 2.17. The summed E-state index contributed by atoms with van der Waals surface area (Å²) >= 11 is 0. The molecule has 2 aromatic rings. The Kier molecular flexibility index (Phi) is 3.17. The monoisotopic (exact) mass is 234 g/mol. The van der Waals surface area contributed by atoms with Crippen LogP contribution in [0.4, 0.5) is 5.82 Å². The van der Waals surface area contributed by atoms with Crippen molar-refractivity contribution in [2.75, 3.05) is 5.73 Å². The van der Waals surface area contributed by atoms with Crippen molar-refractivity contribution in [2.45, 2.75) is 19.8 Å². The van der Waals surface area contributed by atoms with E-state index in [1.807, 2.05) is 6.92 Å². The lowest BCUT2D eigenvalue weighted by atomic mass is 10.3. The lowest BCUT2D eigenvalue weighted by Crippen LogP contribution is -2.02. The number of aromatic nitrogens is 5. The number of anilines is 1. The molecule has 0 radical (unpaired) electrons. The molecular formula is C10H14N6O. The second-order valence-corrected chi connectivity index (χ2v) is 3.60. The van der Waals surface area contributed by atoms with Gasteiger partial charge in [0.05, 0.1) is 0 Å². The van der Waals surface area contributed by atoms with Crippen molar-refractivity contribution in [2.24, 2.45) is 7.05 Å². The van der Waals surface area contributed by atoms with E-state index in [1.54, 1.807) is 24.1 Å². The van der Waals surface area contributed by atoms with Crippen molar-refractivity contribution in [1.82, 2.24) is 24.7 Å². The first kappa shape index (κ1) is 11.3.